The van der Waals surface area contributed by atoms with Crippen molar-refractivity contribution in [2.24, 2.45) is 0 Å². The molecule has 4 rings (SSSR count). The van der Waals surface area contributed by atoms with Crippen LogP contribution in [0.3, 0.4) is 0 Å². The standard InChI is InChI=1S/C19H24N2O8S2/c1-9(22)27-7-19(4)15(21-11(24)6-13(21)31-19)17(26)29-8-28-16(25)14-18(2,3)30-12-5-10(23)20(12)14/h12-15H,5-8H2,1-4H3/t12-,13-,14+,15+,19+/m1/s1. The van der Waals surface area contributed by atoms with E-state index in [1.807, 2.05) is 13.8 Å². The minimum atomic E-state index is -0.957. The van der Waals surface area contributed by atoms with Crippen LogP contribution in [0.15, 0.2) is 0 Å². The fourth-order valence-electron chi connectivity index (χ4n) is 4.46. The van der Waals surface area contributed by atoms with Crippen molar-refractivity contribution in [1.82, 2.24) is 9.80 Å². The molecule has 0 unspecified atom stereocenters. The van der Waals surface area contributed by atoms with Crippen molar-refractivity contribution in [3.8, 4) is 0 Å². The molecule has 0 saturated carbocycles. The Labute approximate surface area is 187 Å². The van der Waals surface area contributed by atoms with Crippen LogP contribution >= 0.6 is 23.5 Å². The van der Waals surface area contributed by atoms with Crippen molar-refractivity contribution >= 4 is 53.2 Å². The molecule has 0 aromatic carbocycles. The van der Waals surface area contributed by atoms with Gasteiger partial charge in [0, 0.05) is 11.7 Å². The number of hydrogen-bond acceptors (Lipinski definition) is 10. The van der Waals surface area contributed by atoms with Gasteiger partial charge < -0.3 is 24.0 Å². The number of carbonyl (C=O) groups excluding carboxylic acids is 5. The van der Waals surface area contributed by atoms with Gasteiger partial charge in [-0.15, -0.1) is 23.5 Å². The first kappa shape index (κ1) is 22.3. The van der Waals surface area contributed by atoms with Crippen LogP contribution in [0.5, 0.6) is 0 Å². The maximum absolute atomic E-state index is 12.8. The normalized spacial score (nSPS) is 35.0. The minimum Gasteiger partial charge on any atom is -0.464 e. The predicted molar refractivity (Wildman–Crippen MR) is 109 cm³/mol. The third kappa shape index (κ3) is 3.67. The van der Waals surface area contributed by atoms with Crippen LogP contribution in [-0.4, -0.2) is 85.2 Å². The van der Waals surface area contributed by atoms with Crippen LogP contribution in [0.25, 0.3) is 0 Å². The van der Waals surface area contributed by atoms with E-state index in [-0.39, 0.29) is 29.2 Å². The third-order valence-corrected chi connectivity index (χ3v) is 8.99. The molecule has 4 fully saturated rings. The SMILES string of the molecule is CC(=O)OC[C@]1(C)S[C@@H]2CC(=O)N2[C@H]1C(=O)OCOC(=O)[C@@H]1N2C(=O)C[C@H]2SC1(C)C. The lowest BCUT2D eigenvalue weighted by molar-refractivity contribution is -0.181. The fraction of sp³-hybridized carbons (Fsp3) is 0.737. The molecule has 2 amide bonds. The highest BCUT2D eigenvalue weighted by atomic mass is 32.2. The highest BCUT2D eigenvalue weighted by Gasteiger charge is 2.62. The second-order valence-electron chi connectivity index (χ2n) is 8.70. The monoisotopic (exact) mass is 472 g/mol. The number of esters is 3. The molecule has 4 heterocycles. The zero-order valence-electron chi connectivity index (χ0n) is 17.6. The molecule has 0 aliphatic carbocycles. The average molecular weight is 473 g/mol. The molecule has 4 aliphatic heterocycles. The Hall–Kier alpha value is -1.95. The quantitative estimate of drug-likeness (QED) is 0.307. The third-order valence-electron chi connectivity index (χ3n) is 5.94. The van der Waals surface area contributed by atoms with E-state index in [1.54, 1.807) is 18.7 Å². The number of hydrogen-bond donors (Lipinski definition) is 0. The topological polar surface area (TPSA) is 120 Å². The Kier molecular flexibility index (Phi) is 5.44. The average Bonchev–Trinajstić information content (AvgIpc) is 3.04. The number of fused-ring (bicyclic) bond motifs is 2. The number of ether oxygens (including phenoxy) is 3. The summed E-state index contributed by atoms with van der Waals surface area (Å²) in [5, 5.41) is -0.215. The van der Waals surface area contributed by atoms with Crippen molar-refractivity contribution in [1.29, 1.82) is 0 Å². The van der Waals surface area contributed by atoms with E-state index < -0.39 is 46.3 Å². The molecule has 0 N–H and O–H groups in total. The Morgan fingerprint density at radius 1 is 0.903 bits per heavy atom. The van der Waals surface area contributed by atoms with Gasteiger partial charge in [-0.25, -0.2) is 9.59 Å². The van der Waals surface area contributed by atoms with Gasteiger partial charge in [-0.05, 0) is 20.8 Å². The van der Waals surface area contributed by atoms with Crippen LogP contribution in [-0.2, 0) is 38.2 Å². The molecule has 170 valence electrons. The zero-order valence-corrected chi connectivity index (χ0v) is 19.2. The van der Waals surface area contributed by atoms with Gasteiger partial charge in [0.05, 0.1) is 28.3 Å². The van der Waals surface area contributed by atoms with E-state index in [2.05, 4.69) is 0 Å². The van der Waals surface area contributed by atoms with E-state index in [4.69, 9.17) is 14.2 Å². The molecule has 4 aliphatic rings. The first-order valence-corrected chi connectivity index (χ1v) is 11.6. The second kappa shape index (κ2) is 7.58. The summed E-state index contributed by atoms with van der Waals surface area (Å²) in [6.45, 7) is 6.06. The van der Waals surface area contributed by atoms with Crippen molar-refractivity contribution in [2.45, 2.75) is 72.9 Å². The number of thioether (sulfide) groups is 2. The van der Waals surface area contributed by atoms with E-state index >= 15 is 0 Å². The largest absolute Gasteiger partial charge is 0.464 e. The number of amides is 2. The predicted octanol–water partition coefficient (Wildman–Crippen LogP) is 0.478. The van der Waals surface area contributed by atoms with E-state index in [1.165, 1.54) is 28.5 Å². The summed E-state index contributed by atoms with van der Waals surface area (Å²) in [5.41, 5.74) is 0. The lowest BCUT2D eigenvalue weighted by Crippen LogP contribution is -2.59. The van der Waals surface area contributed by atoms with Gasteiger partial charge in [0.1, 0.15) is 18.7 Å². The molecule has 0 bridgehead atoms. The molecule has 0 radical (unpaired) electrons. The van der Waals surface area contributed by atoms with E-state index in [9.17, 15) is 24.0 Å². The maximum Gasteiger partial charge on any atom is 0.333 e. The fourth-order valence-corrected chi connectivity index (χ4v) is 7.75. The molecule has 31 heavy (non-hydrogen) atoms. The van der Waals surface area contributed by atoms with Gasteiger partial charge in [0.25, 0.3) is 0 Å². The van der Waals surface area contributed by atoms with Gasteiger partial charge in [0.2, 0.25) is 18.6 Å². The van der Waals surface area contributed by atoms with Crippen molar-refractivity contribution in [3.63, 3.8) is 0 Å². The highest BCUT2D eigenvalue weighted by Crippen LogP contribution is 2.52. The van der Waals surface area contributed by atoms with Crippen LogP contribution in [0, 0.1) is 0 Å². The Morgan fingerprint density at radius 3 is 1.97 bits per heavy atom. The molecule has 0 aromatic rings. The summed E-state index contributed by atoms with van der Waals surface area (Å²) in [7, 11) is 0. The molecule has 0 aromatic heterocycles. The van der Waals surface area contributed by atoms with Gasteiger partial charge in [0.15, 0.2) is 0 Å². The summed E-state index contributed by atoms with van der Waals surface area (Å²) in [6.07, 6.45) is 0.705. The van der Waals surface area contributed by atoms with Crippen molar-refractivity contribution < 1.29 is 38.2 Å². The number of nitrogens with zero attached hydrogens (tertiary/aromatic N) is 2. The van der Waals surface area contributed by atoms with Crippen LogP contribution in [0.2, 0.25) is 0 Å². The van der Waals surface area contributed by atoms with E-state index in [0.717, 1.165) is 0 Å². The highest BCUT2D eigenvalue weighted by molar-refractivity contribution is 8.02. The smallest absolute Gasteiger partial charge is 0.333 e. The summed E-state index contributed by atoms with van der Waals surface area (Å²) in [6, 6.07) is -1.71. The van der Waals surface area contributed by atoms with Gasteiger partial charge in [-0.3, -0.25) is 14.4 Å². The Morgan fingerprint density at radius 2 is 1.42 bits per heavy atom. The Bertz CT molecular complexity index is 864. The van der Waals surface area contributed by atoms with Crippen LogP contribution < -0.4 is 0 Å². The molecule has 0 spiro atoms. The van der Waals surface area contributed by atoms with Gasteiger partial charge in [-0.1, -0.05) is 0 Å². The van der Waals surface area contributed by atoms with Crippen molar-refractivity contribution in [3.05, 3.63) is 0 Å². The molecule has 5 atom stereocenters. The van der Waals surface area contributed by atoms with Crippen LogP contribution in [0.4, 0.5) is 0 Å². The summed E-state index contributed by atoms with van der Waals surface area (Å²) < 4.78 is 14.1. The summed E-state index contributed by atoms with van der Waals surface area (Å²) in [4.78, 5) is 63.6. The minimum absolute atomic E-state index is 0.0329. The summed E-state index contributed by atoms with van der Waals surface area (Å²) in [5.74, 6) is -2.14. The number of carbonyl (C=O) groups is 5. The second-order valence-corrected chi connectivity index (χ2v) is 12.2. The molecule has 4 saturated heterocycles. The molecular formula is C19H24N2O8S2. The summed E-state index contributed by atoms with van der Waals surface area (Å²) >= 11 is 2.93. The van der Waals surface area contributed by atoms with E-state index in [0.29, 0.717) is 12.8 Å². The van der Waals surface area contributed by atoms with Crippen molar-refractivity contribution in [2.75, 3.05) is 13.4 Å². The lowest BCUT2D eigenvalue weighted by Gasteiger charge is -2.38. The maximum atomic E-state index is 12.8. The molecule has 12 heteroatoms. The van der Waals surface area contributed by atoms with Gasteiger partial charge >= 0.3 is 17.9 Å². The number of rotatable bonds is 6. The number of β-lactam (4-membered cyclic amide) rings is 2. The van der Waals surface area contributed by atoms with Gasteiger partial charge in [-0.2, -0.15) is 0 Å². The molecule has 10 nitrogen and oxygen atoms in total. The molecular weight excluding hydrogens is 448 g/mol. The zero-order chi connectivity index (χ0) is 22.7. The first-order chi connectivity index (χ1) is 14.4. The lowest BCUT2D eigenvalue weighted by atomic mass is 9.97. The Balaban J connectivity index is 1.37. The first-order valence-electron chi connectivity index (χ1n) is 9.89. The van der Waals surface area contributed by atoms with Crippen LogP contribution in [0.1, 0.15) is 40.5 Å².